The van der Waals surface area contributed by atoms with Crippen molar-refractivity contribution in [1.82, 2.24) is 14.5 Å². The first-order valence-corrected chi connectivity index (χ1v) is 11.3. The van der Waals surface area contributed by atoms with E-state index in [4.69, 9.17) is 9.47 Å². The molecule has 1 saturated carbocycles. The van der Waals surface area contributed by atoms with Gasteiger partial charge in [-0.3, -0.25) is 9.55 Å². The highest BCUT2D eigenvalue weighted by atomic mass is 19.4. The third-order valence-corrected chi connectivity index (χ3v) is 7.20. The predicted molar refractivity (Wildman–Crippen MR) is 116 cm³/mol. The summed E-state index contributed by atoms with van der Waals surface area (Å²) in [5.74, 6) is -0.937. The second-order valence-corrected chi connectivity index (χ2v) is 9.68. The van der Waals surface area contributed by atoms with E-state index in [9.17, 15) is 31.1 Å². The Kier molecular flexibility index (Phi) is 5.02. The Bertz CT molecular complexity index is 1450. The molecular formula is C24H18F6N4O3. The van der Waals surface area contributed by atoms with Gasteiger partial charge >= 0.3 is 11.9 Å². The van der Waals surface area contributed by atoms with Crippen LogP contribution in [0.2, 0.25) is 0 Å². The highest BCUT2D eigenvalue weighted by Gasteiger charge is 2.71. The van der Waals surface area contributed by atoms with Crippen molar-refractivity contribution in [3.05, 3.63) is 70.2 Å². The topological polar surface area (TPSA) is 69.5 Å². The van der Waals surface area contributed by atoms with Crippen LogP contribution in [0.25, 0.3) is 0 Å². The minimum absolute atomic E-state index is 0.0271. The summed E-state index contributed by atoms with van der Waals surface area (Å²) < 4.78 is 92.4. The predicted octanol–water partition coefficient (Wildman–Crippen LogP) is 4.79. The molecule has 2 aromatic heterocycles. The first-order valence-electron chi connectivity index (χ1n) is 11.3. The molecule has 7 rings (SSSR count). The van der Waals surface area contributed by atoms with Crippen LogP contribution in [-0.4, -0.2) is 33.0 Å². The van der Waals surface area contributed by atoms with Crippen LogP contribution in [0.15, 0.2) is 47.4 Å². The summed E-state index contributed by atoms with van der Waals surface area (Å²) in [7, 11) is 0. The maximum Gasteiger partial charge on any atom is 0.433 e. The first kappa shape index (κ1) is 23.6. The van der Waals surface area contributed by atoms with Crippen molar-refractivity contribution in [3.63, 3.8) is 0 Å². The number of hydrogen-bond acceptors (Lipinski definition) is 6. The van der Waals surface area contributed by atoms with Gasteiger partial charge in [0.15, 0.2) is 11.6 Å². The van der Waals surface area contributed by atoms with Crippen molar-refractivity contribution in [2.24, 2.45) is 5.41 Å². The molecule has 2 bridgehead atoms. The van der Waals surface area contributed by atoms with Crippen molar-refractivity contribution in [3.8, 4) is 17.4 Å². The molecule has 0 atom stereocenters. The van der Waals surface area contributed by atoms with E-state index in [0.29, 0.717) is 36.8 Å². The fraction of sp³-hybridized carbons (Fsp3) is 0.375. The standard InChI is InChI=1S/C24H18F6N4O3/c25-15-5-13(1-2-16(15)37-14-3-4-31-17(6-14)24(28,29)30)8-36-18-7-19-33(21(35)32-18)12-23-9-22(10-23,20(26)27)11-34(19)23/h1-7,20H,8-12H2. The SMILES string of the molecule is O=c1nc(OCc2ccc(Oc3ccnc(C(F)(F)F)c3)c(F)c2)cc2n1CC13CC(C(F)F)(CN21)C3. The summed E-state index contributed by atoms with van der Waals surface area (Å²) in [5.41, 5.74) is -2.92. The lowest BCUT2D eigenvalue weighted by Crippen LogP contribution is -2.51. The molecule has 0 radical (unpaired) electrons. The van der Waals surface area contributed by atoms with Gasteiger partial charge in [-0.2, -0.15) is 18.2 Å². The van der Waals surface area contributed by atoms with E-state index in [-0.39, 0.29) is 30.5 Å². The molecule has 2 saturated heterocycles. The van der Waals surface area contributed by atoms with Crippen LogP contribution in [0.3, 0.4) is 0 Å². The van der Waals surface area contributed by atoms with Gasteiger partial charge < -0.3 is 14.4 Å². The van der Waals surface area contributed by atoms with Gasteiger partial charge in [0.25, 0.3) is 0 Å². The van der Waals surface area contributed by atoms with Crippen molar-refractivity contribution in [1.29, 1.82) is 0 Å². The number of alkyl halides is 5. The number of halogens is 6. The summed E-state index contributed by atoms with van der Waals surface area (Å²) in [4.78, 5) is 21.5. The molecular weight excluding hydrogens is 506 g/mol. The van der Waals surface area contributed by atoms with Gasteiger partial charge in [0.1, 0.15) is 23.9 Å². The smallest absolute Gasteiger partial charge is 0.433 e. The molecule has 0 unspecified atom stereocenters. The number of aromatic nitrogens is 3. The van der Waals surface area contributed by atoms with E-state index in [0.717, 1.165) is 12.3 Å². The zero-order valence-corrected chi connectivity index (χ0v) is 18.9. The van der Waals surface area contributed by atoms with Crippen molar-refractivity contribution >= 4 is 5.82 Å². The molecule has 4 aliphatic rings. The van der Waals surface area contributed by atoms with Crippen LogP contribution in [-0.2, 0) is 19.3 Å². The lowest BCUT2D eigenvalue weighted by Gasteiger charge is -2.44. The van der Waals surface area contributed by atoms with Gasteiger partial charge in [0.2, 0.25) is 12.3 Å². The molecule has 0 amide bonds. The maximum absolute atomic E-state index is 14.6. The largest absolute Gasteiger partial charge is 0.473 e. The molecule has 37 heavy (non-hydrogen) atoms. The molecule has 1 aliphatic carbocycles. The quantitative estimate of drug-likeness (QED) is 0.433. The third-order valence-electron chi connectivity index (χ3n) is 7.20. The number of nitrogens with zero attached hydrogens (tertiary/aromatic N) is 4. The second-order valence-electron chi connectivity index (χ2n) is 9.68. The fourth-order valence-electron chi connectivity index (χ4n) is 5.63. The number of anilines is 1. The number of fused-ring (bicyclic) bond motifs is 1. The lowest BCUT2D eigenvalue weighted by molar-refractivity contribution is -0.141. The van der Waals surface area contributed by atoms with E-state index >= 15 is 0 Å². The van der Waals surface area contributed by atoms with Crippen molar-refractivity contribution in [2.45, 2.75) is 44.1 Å². The molecule has 3 aliphatic heterocycles. The van der Waals surface area contributed by atoms with Crippen LogP contribution < -0.4 is 20.1 Å². The van der Waals surface area contributed by atoms with Gasteiger partial charge in [-0.1, -0.05) is 6.07 Å². The van der Waals surface area contributed by atoms with Gasteiger partial charge in [0.05, 0.1) is 17.5 Å². The van der Waals surface area contributed by atoms with Crippen molar-refractivity contribution in [2.75, 3.05) is 11.4 Å². The molecule has 7 nitrogen and oxygen atoms in total. The summed E-state index contributed by atoms with van der Waals surface area (Å²) >= 11 is 0. The summed E-state index contributed by atoms with van der Waals surface area (Å²) in [6.45, 7) is 0.284. The number of ether oxygens (including phenoxy) is 2. The molecule has 13 heteroatoms. The molecule has 1 aromatic carbocycles. The molecule has 194 valence electrons. The van der Waals surface area contributed by atoms with Crippen LogP contribution >= 0.6 is 0 Å². The zero-order valence-electron chi connectivity index (χ0n) is 18.9. The summed E-state index contributed by atoms with van der Waals surface area (Å²) in [6.07, 6.45) is -5.56. The Balaban J connectivity index is 1.15. The van der Waals surface area contributed by atoms with Gasteiger partial charge in [-0.25, -0.2) is 18.0 Å². The minimum Gasteiger partial charge on any atom is -0.473 e. The van der Waals surface area contributed by atoms with Crippen LogP contribution in [0.1, 0.15) is 24.1 Å². The Labute approximate surface area is 205 Å². The Hall–Kier alpha value is -3.77. The molecule has 3 fully saturated rings. The average molecular weight is 524 g/mol. The van der Waals surface area contributed by atoms with E-state index in [1.165, 1.54) is 28.8 Å². The molecule has 0 N–H and O–H groups in total. The zero-order chi connectivity index (χ0) is 26.2. The summed E-state index contributed by atoms with van der Waals surface area (Å²) in [6, 6.07) is 7.11. The number of pyridine rings is 1. The second kappa shape index (κ2) is 7.86. The van der Waals surface area contributed by atoms with Crippen LogP contribution in [0.5, 0.6) is 17.4 Å². The summed E-state index contributed by atoms with van der Waals surface area (Å²) in [5, 5.41) is 0. The van der Waals surface area contributed by atoms with Gasteiger partial charge in [0, 0.05) is 24.9 Å². The van der Waals surface area contributed by atoms with Crippen LogP contribution in [0.4, 0.5) is 32.2 Å². The van der Waals surface area contributed by atoms with Gasteiger partial charge in [-0.15, -0.1) is 0 Å². The first-order chi connectivity index (χ1) is 17.5. The number of benzene rings is 1. The van der Waals surface area contributed by atoms with Crippen LogP contribution in [0, 0.1) is 11.2 Å². The highest BCUT2D eigenvalue weighted by Crippen LogP contribution is 2.65. The van der Waals surface area contributed by atoms with E-state index < -0.39 is 40.8 Å². The fourth-order valence-corrected chi connectivity index (χ4v) is 5.63. The third kappa shape index (κ3) is 3.78. The lowest BCUT2D eigenvalue weighted by atomic mass is 9.62. The van der Waals surface area contributed by atoms with E-state index in [1.807, 2.05) is 4.90 Å². The Morgan fingerprint density at radius 2 is 1.86 bits per heavy atom. The normalized spacial score (nSPS) is 23.6. The monoisotopic (exact) mass is 524 g/mol. The average Bonchev–Trinajstić information content (AvgIpc) is 3.42. The Morgan fingerprint density at radius 3 is 2.57 bits per heavy atom. The van der Waals surface area contributed by atoms with E-state index in [1.54, 1.807) is 0 Å². The van der Waals surface area contributed by atoms with Crippen molar-refractivity contribution < 1.29 is 35.8 Å². The highest BCUT2D eigenvalue weighted by molar-refractivity contribution is 5.56. The molecule has 3 aromatic rings. The molecule has 1 spiro atoms. The minimum atomic E-state index is -4.67. The Morgan fingerprint density at radius 1 is 1.08 bits per heavy atom. The molecule has 5 heterocycles. The van der Waals surface area contributed by atoms with E-state index in [2.05, 4.69) is 9.97 Å². The number of rotatable bonds is 6. The maximum atomic E-state index is 14.6. The van der Waals surface area contributed by atoms with Gasteiger partial charge in [-0.05, 0) is 36.6 Å². The number of hydrogen-bond donors (Lipinski definition) is 0.